The molecule has 20 heavy (non-hydrogen) atoms. The summed E-state index contributed by atoms with van der Waals surface area (Å²) in [6.45, 7) is 5.26. The highest BCUT2D eigenvalue weighted by atomic mass is 19.1. The fraction of sp³-hybridized carbons (Fsp3) is 0.400. The molecule has 0 saturated heterocycles. The van der Waals surface area contributed by atoms with E-state index in [2.05, 4.69) is 10.3 Å². The number of benzene rings is 1. The molecule has 0 bridgehead atoms. The summed E-state index contributed by atoms with van der Waals surface area (Å²) in [5.41, 5.74) is 2.37. The molecule has 0 aliphatic rings. The van der Waals surface area contributed by atoms with Crippen LogP contribution in [0.4, 0.5) is 10.3 Å². The third-order valence-electron chi connectivity index (χ3n) is 3.00. The lowest BCUT2D eigenvalue weighted by molar-refractivity contribution is 0.197. The number of rotatable bonds is 6. The van der Waals surface area contributed by atoms with Gasteiger partial charge in [-0.2, -0.15) is 0 Å². The third-order valence-corrected chi connectivity index (χ3v) is 3.00. The molecular weight excluding hydrogens is 257 g/mol. The first-order chi connectivity index (χ1) is 9.61. The number of nitrogens with zero attached hydrogens (tertiary/aromatic N) is 2. The van der Waals surface area contributed by atoms with Gasteiger partial charge in [0.25, 0.3) is 0 Å². The van der Waals surface area contributed by atoms with Crippen LogP contribution in [0.1, 0.15) is 17.7 Å². The lowest BCUT2D eigenvalue weighted by atomic mass is 10.2. The molecule has 0 radical (unpaired) electrons. The number of halogens is 1. The van der Waals surface area contributed by atoms with Crippen LogP contribution < -0.4 is 5.32 Å². The zero-order valence-electron chi connectivity index (χ0n) is 12.1. The predicted octanol–water partition coefficient (Wildman–Crippen LogP) is 3.08. The molecule has 1 aromatic heterocycles. The molecule has 1 heterocycles. The van der Waals surface area contributed by atoms with Crippen LogP contribution >= 0.6 is 0 Å². The highest BCUT2D eigenvalue weighted by Gasteiger charge is 2.11. The molecule has 1 aromatic carbocycles. The standard InChI is InChI=1S/C15H20FN3O/c1-11-5-6-13(16)14(9-11)19-10-12(2)18-15(19)17-7-4-8-20-3/h5-6,9-10H,4,7-8H2,1-3H3,(H,17,18). The quantitative estimate of drug-likeness (QED) is 0.825. The molecule has 0 aliphatic carbocycles. The van der Waals surface area contributed by atoms with Gasteiger partial charge in [-0.05, 0) is 38.0 Å². The number of ether oxygens (including phenoxy) is 1. The molecule has 4 nitrogen and oxygen atoms in total. The van der Waals surface area contributed by atoms with Crippen molar-refractivity contribution in [3.05, 3.63) is 41.5 Å². The van der Waals surface area contributed by atoms with Crippen molar-refractivity contribution in [1.29, 1.82) is 0 Å². The highest BCUT2D eigenvalue weighted by molar-refractivity contribution is 5.45. The highest BCUT2D eigenvalue weighted by Crippen LogP contribution is 2.20. The maximum atomic E-state index is 14.0. The monoisotopic (exact) mass is 277 g/mol. The predicted molar refractivity (Wildman–Crippen MR) is 78.0 cm³/mol. The van der Waals surface area contributed by atoms with Gasteiger partial charge < -0.3 is 10.1 Å². The number of aryl methyl sites for hydroxylation is 2. The Morgan fingerprint density at radius 3 is 2.90 bits per heavy atom. The molecule has 0 atom stereocenters. The molecule has 0 saturated carbocycles. The minimum absolute atomic E-state index is 0.257. The van der Waals surface area contributed by atoms with Crippen molar-refractivity contribution in [2.24, 2.45) is 0 Å². The molecule has 0 aliphatic heterocycles. The molecular formula is C15H20FN3O. The second-order valence-electron chi connectivity index (χ2n) is 4.80. The summed E-state index contributed by atoms with van der Waals surface area (Å²) in [7, 11) is 1.67. The molecule has 0 unspecified atom stereocenters. The van der Waals surface area contributed by atoms with E-state index in [0.717, 1.165) is 24.2 Å². The summed E-state index contributed by atoms with van der Waals surface area (Å²) in [5.74, 6) is 0.399. The van der Waals surface area contributed by atoms with E-state index in [1.54, 1.807) is 17.7 Å². The third kappa shape index (κ3) is 3.36. The molecule has 108 valence electrons. The van der Waals surface area contributed by atoms with E-state index in [-0.39, 0.29) is 5.82 Å². The molecule has 0 spiro atoms. The topological polar surface area (TPSA) is 39.1 Å². The molecule has 5 heteroatoms. The average molecular weight is 277 g/mol. The number of hydrogen-bond donors (Lipinski definition) is 1. The van der Waals surface area contributed by atoms with E-state index in [0.29, 0.717) is 18.2 Å². The maximum Gasteiger partial charge on any atom is 0.207 e. The number of aromatic nitrogens is 2. The van der Waals surface area contributed by atoms with Gasteiger partial charge in [-0.3, -0.25) is 4.57 Å². The summed E-state index contributed by atoms with van der Waals surface area (Å²) in [5, 5.41) is 3.22. The lowest BCUT2D eigenvalue weighted by Crippen LogP contribution is -2.10. The summed E-state index contributed by atoms with van der Waals surface area (Å²) in [4.78, 5) is 4.40. The minimum atomic E-state index is -0.257. The lowest BCUT2D eigenvalue weighted by Gasteiger charge is -2.11. The summed E-state index contributed by atoms with van der Waals surface area (Å²) in [6.07, 6.45) is 2.70. The number of methoxy groups -OCH3 is 1. The van der Waals surface area contributed by atoms with E-state index in [9.17, 15) is 4.39 Å². The first kappa shape index (κ1) is 14.5. The van der Waals surface area contributed by atoms with Gasteiger partial charge in [-0.15, -0.1) is 0 Å². The van der Waals surface area contributed by atoms with E-state index >= 15 is 0 Å². The van der Waals surface area contributed by atoms with Crippen LogP contribution in [0.25, 0.3) is 5.69 Å². The number of nitrogens with one attached hydrogen (secondary N) is 1. The molecule has 0 fully saturated rings. The fourth-order valence-corrected chi connectivity index (χ4v) is 2.03. The van der Waals surface area contributed by atoms with Crippen molar-refractivity contribution in [2.45, 2.75) is 20.3 Å². The number of imidazole rings is 1. The van der Waals surface area contributed by atoms with Crippen LogP contribution in [0.2, 0.25) is 0 Å². The number of hydrogen-bond acceptors (Lipinski definition) is 3. The zero-order chi connectivity index (χ0) is 14.5. The molecule has 0 amide bonds. The van der Waals surface area contributed by atoms with Crippen molar-refractivity contribution < 1.29 is 9.13 Å². The largest absolute Gasteiger partial charge is 0.385 e. The Hall–Kier alpha value is -1.88. The van der Waals surface area contributed by atoms with Gasteiger partial charge in [0.2, 0.25) is 5.95 Å². The average Bonchev–Trinajstić information content (AvgIpc) is 2.78. The van der Waals surface area contributed by atoms with E-state index in [1.807, 2.05) is 26.1 Å². The zero-order valence-corrected chi connectivity index (χ0v) is 12.1. The SMILES string of the molecule is COCCCNc1nc(C)cn1-c1cc(C)ccc1F. The van der Waals surface area contributed by atoms with Crippen molar-refractivity contribution in [3.63, 3.8) is 0 Å². The normalized spacial score (nSPS) is 10.8. The van der Waals surface area contributed by atoms with Gasteiger partial charge in [0.05, 0.1) is 11.4 Å². The maximum absolute atomic E-state index is 14.0. The van der Waals surface area contributed by atoms with Crippen LogP contribution in [0.3, 0.4) is 0 Å². The Morgan fingerprint density at radius 2 is 2.15 bits per heavy atom. The number of anilines is 1. The molecule has 1 N–H and O–H groups in total. The van der Waals surface area contributed by atoms with Gasteiger partial charge in [0.1, 0.15) is 5.82 Å². The van der Waals surface area contributed by atoms with Crippen LogP contribution in [0.15, 0.2) is 24.4 Å². The molecule has 2 aromatic rings. The Labute approximate surface area is 118 Å². The van der Waals surface area contributed by atoms with Gasteiger partial charge in [0, 0.05) is 26.5 Å². The van der Waals surface area contributed by atoms with E-state index in [1.165, 1.54) is 6.07 Å². The second kappa shape index (κ2) is 6.52. The van der Waals surface area contributed by atoms with Crippen molar-refractivity contribution in [1.82, 2.24) is 9.55 Å². The van der Waals surface area contributed by atoms with Gasteiger partial charge in [0.15, 0.2) is 0 Å². The Bertz CT molecular complexity index is 580. The van der Waals surface area contributed by atoms with Gasteiger partial charge in [-0.1, -0.05) is 6.07 Å². The smallest absolute Gasteiger partial charge is 0.207 e. The Morgan fingerprint density at radius 1 is 1.35 bits per heavy atom. The van der Waals surface area contributed by atoms with Crippen molar-refractivity contribution in [2.75, 3.05) is 25.6 Å². The molecule has 2 rings (SSSR count). The first-order valence-corrected chi connectivity index (χ1v) is 6.67. The van der Waals surface area contributed by atoms with Crippen molar-refractivity contribution in [3.8, 4) is 5.69 Å². The first-order valence-electron chi connectivity index (χ1n) is 6.67. The summed E-state index contributed by atoms with van der Waals surface area (Å²) >= 11 is 0. The van der Waals surface area contributed by atoms with Crippen molar-refractivity contribution >= 4 is 5.95 Å². The van der Waals surface area contributed by atoms with E-state index < -0.39 is 0 Å². The Balaban J connectivity index is 2.25. The Kier molecular flexibility index (Phi) is 4.74. The van der Waals surface area contributed by atoms with Crippen LogP contribution in [0, 0.1) is 19.7 Å². The fourth-order valence-electron chi connectivity index (χ4n) is 2.03. The van der Waals surface area contributed by atoms with E-state index in [4.69, 9.17) is 4.74 Å². The summed E-state index contributed by atoms with van der Waals surface area (Å²) < 4.78 is 20.8. The van der Waals surface area contributed by atoms with Gasteiger partial charge in [-0.25, -0.2) is 9.37 Å². The van der Waals surface area contributed by atoms with Crippen LogP contribution in [-0.4, -0.2) is 29.8 Å². The minimum Gasteiger partial charge on any atom is -0.385 e. The summed E-state index contributed by atoms with van der Waals surface area (Å²) in [6, 6.07) is 5.06. The second-order valence-corrected chi connectivity index (χ2v) is 4.80. The van der Waals surface area contributed by atoms with Crippen LogP contribution in [-0.2, 0) is 4.74 Å². The van der Waals surface area contributed by atoms with Gasteiger partial charge >= 0.3 is 0 Å². The van der Waals surface area contributed by atoms with Crippen LogP contribution in [0.5, 0.6) is 0 Å².